The molecule has 1 unspecified atom stereocenters. The molecule has 1 atom stereocenters. The van der Waals surface area contributed by atoms with Gasteiger partial charge in [-0.1, -0.05) is 13.0 Å². The van der Waals surface area contributed by atoms with Gasteiger partial charge in [0.15, 0.2) is 0 Å². The molecule has 1 rings (SSSR count). The largest absolute Gasteiger partial charge is 0.395 e. The van der Waals surface area contributed by atoms with Gasteiger partial charge in [-0.2, -0.15) is 0 Å². The van der Waals surface area contributed by atoms with Gasteiger partial charge >= 0.3 is 0 Å². The average molecular weight is 226 g/mol. The Morgan fingerprint density at radius 1 is 1.31 bits per heavy atom. The fourth-order valence-corrected chi connectivity index (χ4v) is 2.31. The summed E-state index contributed by atoms with van der Waals surface area (Å²) in [6.07, 6.45) is 5.39. The lowest BCUT2D eigenvalue weighted by atomic mass is 10.1. The zero-order valence-corrected chi connectivity index (χ0v) is 10.6. The number of allylic oxidation sites excluding steroid dienone is 1. The van der Waals surface area contributed by atoms with Crippen LogP contribution in [-0.2, 0) is 0 Å². The van der Waals surface area contributed by atoms with Crippen molar-refractivity contribution in [2.45, 2.75) is 32.2 Å². The molecule has 0 aromatic heterocycles. The minimum atomic E-state index is 0.299. The smallest absolute Gasteiger partial charge is 0.0586 e. The molecule has 0 bridgehead atoms. The van der Waals surface area contributed by atoms with Gasteiger partial charge < -0.3 is 10.0 Å². The van der Waals surface area contributed by atoms with Crippen molar-refractivity contribution < 1.29 is 5.11 Å². The third-order valence-electron chi connectivity index (χ3n) is 3.49. The molecule has 0 amide bonds. The summed E-state index contributed by atoms with van der Waals surface area (Å²) in [7, 11) is 0. The molecule has 1 N–H and O–H groups in total. The molecule has 1 aliphatic heterocycles. The van der Waals surface area contributed by atoms with Crippen molar-refractivity contribution >= 4 is 0 Å². The second-order valence-corrected chi connectivity index (χ2v) is 4.55. The molecule has 3 heteroatoms. The quantitative estimate of drug-likeness (QED) is 0.524. The summed E-state index contributed by atoms with van der Waals surface area (Å²) >= 11 is 0. The van der Waals surface area contributed by atoms with Gasteiger partial charge in [0.2, 0.25) is 0 Å². The van der Waals surface area contributed by atoms with Crippen LogP contribution in [0.3, 0.4) is 0 Å². The highest BCUT2D eigenvalue weighted by Crippen LogP contribution is 2.09. The van der Waals surface area contributed by atoms with E-state index in [1.807, 2.05) is 6.08 Å². The van der Waals surface area contributed by atoms with E-state index in [0.29, 0.717) is 12.6 Å². The van der Waals surface area contributed by atoms with Crippen LogP contribution in [0.2, 0.25) is 0 Å². The minimum Gasteiger partial charge on any atom is -0.395 e. The highest BCUT2D eigenvalue weighted by molar-refractivity contribution is 4.78. The van der Waals surface area contributed by atoms with Crippen LogP contribution in [-0.4, -0.2) is 60.3 Å². The number of hydrogen-bond acceptors (Lipinski definition) is 3. The third-order valence-corrected chi connectivity index (χ3v) is 3.49. The summed E-state index contributed by atoms with van der Waals surface area (Å²) in [5.74, 6) is 0. The van der Waals surface area contributed by atoms with Gasteiger partial charge in [0.05, 0.1) is 6.61 Å². The van der Waals surface area contributed by atoms with Crippen LogP contribution >= 0.6 is 0 Å². The van der Waals surface area contributed by atoms with Crippen LogP contribution in [0.25, 0.3) is 0 Å². The minimum absolute atomic E-state index is 0.299. The Hall–Kier alpha value is -0.380. The summed E-state index contributed by atoms with van der Waals surface area (Å²) < 4.78 is 0. The van der Waals surface area contributed by atoms with Crippen molar-refractivity contribution in [2.75, 3.05) is 39.3 Å². The van der Waals surface area contributed by atoms with Crippen molar-refractivity contribution in [3.8, 4) is 0 Å². The van der Waals surface area contributed by atoms with Gasteiger partial charge in [0.1, 0.15) is 0 Å². The Morgan fingerprint density at radius 3 is 2.50 bits per heavy atom. The Balaban J connectivity index is 2.19. The van der Waals surface area contributed by atoms with E-state index in [2.05, 4.69) is 23.3 Å². The van der Waals surface area contributed by atoms with Crippen molar-refractivity contribution in [3.63, 3.8) is 0 Å². The van der Waals surface area contributed by atoms with E-state index in [1.165, 1.54) is 13.0 Å². The molecule has 3 nitrogen and oxygen atoms in total. The first-order valence-electron chi connectivity index (χ1n) is 6.50. The molecule has 1 aliphatic rings. The van der Waals surface area contributed by atoms with Gasteiger partial charge in [-0.25, -0.2) is 0 Å². The third kappa shape index (κ3) is 4.24. The molecular formula is C13H26N2O. The molecule has 0 saturated carbocycles. The van der Waals surface area contributed by atoms with E-state index in [9.17, 15) is 5.11 Å². The molecule has 1 fully saturated rings. The van der Waals surface area contributed by atoms with Crippen LogP contribution < -0.4 is 0 Å². The molecule has 1 saturated heterocycles. The van der Waals surface area contributed by atoms with E-state index in [-0.39, 0.29) is 0 Å². The topological polar surface area (TPSA) is 26.7 Å². The van der Waals surface area contributed by atoms with E-state index in [1.54, 1.807) is 0 Å². The Morgan fingerprint density at radius 2 is 2.00 bits per heavy atom. The maximum Gasteiger partial charge on any atom is 0.0586 e. The zero-order valence-electron chi connectivity index (χ0n) is 10.6. The molecule has 94 valence electrons. The second-order valence-electron chi connectivity index (χ2n) is 4.55. The van der Waals surface area contributed by atoms with Gasteiger partial charge in [0.25, 0.3) is 0 Å². The monoisotopic (exact) mass is 226 g/mol. The van der Waals surface area contributed by atoms with Gasteiger partial charge in [-0.3, -0.25) is 4.90 Å². The first-order chi connectivity index (χ1) is 7.81. The molecule has 0 aliphatic carbocycles. The maximum atomic E-state index is 9.25. The summed E-state index contributed by atoms with van der Waals surface area (Å²) in [5, 5.41) is 9.25. The summed E-state index contributed by atoms with van der Waals surface area (Å²) in [5.41, 5.74) is 0. The lowest BCUT2D eigenvalue weighted by Gasteiger charge is -2.38. The normalized spacial score (nSPS) is 20.9. The highest BCUT2D eigenvalue weighted by atomic mass is 16.3. The zero-order chi connectivity index (χ0) is 11.8. The highest BCUT2D eigenvalue weighted by Gasteiger charge is 2.21. The molecule has 0 radical (unpaired) electrons. The van der Waals surface area contributed by atoms with E-state index >= 15 is 0 Å². The van der Waals surface area contributed by atoms with Crippen LogP contribution in [0.5, 0.6) is 0 Å². The first kappa shape index (κ1) is 13.7. The number of rotatable bonds is 7. The SMILES string of the molecule is C=CCCCN1CCN(C(CC)CO)CC1. The number of piperazine rings is 1. The molecule has 16 heavy (non-hydrogen) atoms. The summed E-state index contributed by atoms with van der Waals surface area (Å²) in [6.45, 7) is 11.9. The van der Waals surface area contributed by atoms with E-state index in [4.69, 9.17) is 0 Å². The number of aliphatic hydroxyl groups is 1. The van der Waals surface area contributed by atoms with Crippen LogP contribution in [0.1, 0.15) is 26.2 Å². The summed E-state index contributed by atoms with van der Waals surface area (Å²) in [4.78, 5) is 4.94. The van der Waals surface area contributed by atoms with Gasteiger partial charge in [0, 0.05) is 32.2 Å². The molecule has 1 heterocycles. The van der Waals surface area contributed by atoms with Crippen molar-refractivity contribution in [2.24, 2.45) is 0 Å². The lowest BCUT2D eigenvalue weighted by molar-refractivity contribution is 0.0634. The molecule has 0 aromatic rings. The molecule has 0 aromatic carbocycles. The Bertz CT molecular complexity index is 184. The molecular weight excluding hydrogens is 200 g/mol. The predicted molar refractivity (Wildman–Crippen MR) is 68.6 cm³/mol. The fraction of sp³-hybridized carbons (Fsp3) is 0.846. The van der Waals surface area contributed by atoms with Crippen LogP contribution in [0, 0.1) is 0 Å². The van der Waals surface area contributed by atoms with Gasteiger partial charge in [-0.15, -0.1) is 6.58 Å². The van der Waals surface area contributed by atoms with Crippen molar-refractivity contribution in [1.29, 1.82) is 0 Å². The van der Waals surface area contributed by atoms with Crippen LogP contribution in [0.4, 0.5) is 0 Å². The predicted octanol–water partition coefficient (Wildman–Crippen LogP) is 1.34. The number of hydrogen-bond donors (Lipinski definition) is 1. The van der Waals surface area contributed by atoms with Crippen molar-refractivity contribution in [3.05, 3.63) is 12.7 Å². The molecule has 0 spiro atoms. The number of nitrogens with zero attached hydrogens (tertiary/aromatic N) is 2. The first-order valence-corrected chi connectivity index (χ1v) is 6.50. The number of unbranched alkanes of at least 4 members (excludes halogenated alkanes) is 1. The van der Waals surface area contributed by atoms with Crippen molar-refractivity contribution in [1.82, 2.24) is 9.80 Å². The maximum absolute atomic E-state index is 9.25. The van der Waals surface area contributed by atoms with Gasteiger partial charge in [-0.05, 0) is 25.8 Å². The Kier molecular flexibility index (Phi) is 6.69. The summed E-state index contributed by atoms with van der Waals surface area (Å²) in [6, 6.07) is 0.371. The van der Waals surface area contributed by atoms with E-state index in [0.717, 1.165) is 39.0 Å². The number of aliphatic hydroxyl groups excluding tert-OH is 1. The standard InChI is InChI=1S/C13H26N2O/c1-3-5-6-7-14-8-10-15(11-9-14)13(4-2)12-16/h3,13,16H,1,4-12H2,2H3. The fourth-order valence-electron chi connectivity index (χ4n) is 2.31. The average Bonchev–Trinajstić information content (AvgIpc) is 2.33. The Labute approximate surface area is 99.7 Å². The van der Waals surface area contributed by atoms with Crippen LogP contribution in [0.15, 0.2) is 12.7 Å². The van der Waals surface area contributed by atoms with E-state index < -0.39 is 0 Å². The lowest BCUT2D eigenvalue weighted by Crippen LogP contribution is -2.51. The second kappa shape index (κ2) is 7.82.